The van der Waals surface area contributed by atoms with Crippen molar-refractivity contribution in [2.75, 3.05) is 23.9 Å². The fraction of sp³-hybridized carbons (Fsp3) is 0.208. The van der Waals surface area contributed by atoms with Gasteiger partial charge in [0.1, 0.15) is 0 Å². The van der Waals surface area contributed by atoms with Crippen molar-refractivity contribution in [1.29, 1.82) is 0 Å². The molecule has 0 aliphatic heterocycles. The Hall–Kier alpha value is -3.47. The van der Waals surface area contributed by atoms with Crippen LogP contribution in [0.25, 0.3) is 0 Å². The molecule has 5 heteroatoms. The Morgan fingerprint density at radius 3 is 2.07 bits per heavy atom. The van der Waals surface area contributed by atoms with E-state index in [0.29, 0.717) is 11.5 Å². The maximum atomic E-state index is 12.9. The molecule has 0 radical (unpaired) electrons. The third-order valence-corrected chi connectivity index (χ3v) is 4.41. The lowest BCUT2D eigenvalue weighted by atomic mass is 10.2. The predicted molar refractivity (Wildman–Crippen MR) is 117 cm³/mol. The average Bonchev–Trinajstić information content (AvgIpc) is 2.74. The van der Waals surface area contributed by atoms with Crippen LogP contribution in [-0.2, 0) is 4.79 Å². The predicted octanol–water partition coefficient (Wildman–Crippen LogP) is 5.26. The van der Waals surface area contributed by atoms with Crippen LogP contribution in [0.1, 0.15) is 13.8 Å². The van der Waals surface area contributed by atoms with Gasteiger partial charge in [0.05, 0.1) is 7.11 Å². The maximum Gasteiger partial charge on any atom is 0.265 e. The van der Waals surface area contributed by atoms with Gasteiger partial charge in [0.2, 0.25) is 0 Å². The van der Waals surface area contributed by atoms with E-state index in [-0.39, 0.29) is 18.6 Å². The van der Waals surface area contributed by atoms with Gasteiger partial charge >= 0.3 is 0 Å². The first-order valence-corrected chi connectivity index (χ1v) is 9.58. The minimum Gasteiger partial charge on any atom is -0.493 e. The van der Waals surface area contributed by atoms with Crippen molar-refractivity contribution in [2.24, 2.45) is 0 Å². The van der Waals surface area contributed by atoms with Crippen LogP contribution in [0.5, 0.6) is 11.5 Å². The Balaban J connectivity index is 1.69. The zero-order chi connectivity index (χ0) is 20.6. The lowest BCUT2D eigenvalue weighted by Crippen LogP contribution is -2.40. The molecule has 0 saturated carbocycles. The van der Waals surface area contributed by atoms with Crippen LogP contribution in [0.15, 0.2) is 78.9 Å². The molecule has 0 bridgehead atoms. The number of benzene rings is 3. The molecule has 150 valence electrons. The molecule has 29 heavy (non-hydrogen) atoms. The second-order valence-corrected chi connectivity index (χ2v) is 6.83. The fourth-order valence-corrected chi connectivity index (χ4v) is 3.07. The van der Waals surface area contributed by atoms with Gasteiger partial charge in [0, 0.05) is 23.1 Å². The zero-order valence-electron chi connectivity index (χ0n) is 17.0. The minimum absolute atomic E-state index is 0.00305. The van der Waals surface area contributed by atoms with Crippen LogP contribution in [0.4, 0.5) is 17.1 Å². The van der Waals surface area contributed by atoms with Gasteiger partial charge in [-0.2, -0.15) is 0 Å². The lowest BCUT2D eigenvalue weighted by Gasteiger charge is -2.27. The van der Waals surface area contributed by atoms with Gasteiger partial charge in [-0.15, -0.1) is 0 Å². The van der Waals surface area contributed by atoms with E-state index in [2.05, 4.69) is 5.32 Å². The Bertz CT molecular complexity index is 924. The van der Waals surface area contributed by atoms with E-state index in [1.165, 1.54) is 0 Å². The number of anilines is 3. The molecule has 0 aromatic heterocycles. The van der Waals surface area contributed by atoms with E-state index in [9.17, 15) is 4.79 Å². The smallest absolute Gasteiger partial charge is 0.265 e. The molecule has 0 fully saturated rings. The molecule has 0 aliphatic rings. The van der Waals surface area contributed by atoms with E-state index >= 15 is 0 Å². The molecule has 1 N–H and O–H groups in total. The fourth-order valence-electron chi connectivity index (χ4n) is 3.07. The molecular weight excluding hydrogens is 364 g/mol. The molecule has 0 aliphatic carbocycles. The number of nitrogens with zero attached hydrogens (tertiary/aromatic N) is 1. The molecule has 0 atom stereocenters. The molecule has 0 spiro atoms. The summed E-state index contributed by atoms with van der Waals surface area (Å²) in [5.41, 5.74) is 2.80. The van der Waals surface area contributed by atoms with E-state index < -0.39 is 0 Å². The number of amides is 1. The van der Waals surface area contributed by atoms with Gasteiger partial charge in [-0.1, -0.05) is 30.3 Å². The number of rotatable bonds is 8. The van der Waals surface area contributed by atoms with Crippen molar-refractivity contribution in [3.63, 3.8) is 0 Å². The first kappa shape index (κ1) is 20.3. The van der Waals surface area contributed by atoms with Crippen molar-refractivity contribution in [2.45, 2.75) is 19.9 Å². The monoisotopic (exact) mass is 390 g/mol. The topological polar surface area (TPSA) is 50.8 Å². The third-order valence-electron chi connectivity index (χ3n) is 4.41. The number of ether oxygens (including phenoxy) is 2. The van der Waals surface area contributed by atoms with Crippen molar-refractivity contribution >= 4 is 23.0 Å². The first-order chi connectivity index (χ1) is 14.1. The summed E-state index contributed by atoms with van der Waals surface area (Å²) in [6.45, 7) is 3.90. The Morgan fingerprint density at radius 2 is 1.45 bits per heavy atom. The van der Waals surface area contributed by atoms with E-state index in [4.69, 9.17) is 9.47 Å². The van der Waals surface area contributed by atoms with Gasteiger partial charge in [-0.25, -0.2) is 0 Å². The summed E-state index contributed by atoms with van der Waals surface area (Å²) in [7, 11) is 1.58. The quantitative estimate of drug-likeness (QED) is 0.570. The largest absolute Gasteiger partial charge is 0.493 e. The summed E-state index contributed by atoms with van der Waals surface area (Å²) in [6.07, 6.45) is 0. The highest BCUT2D eigenvalue weighted by molar-refractivity contribution is 5.95. The highest BCUT2D eigenvalue weighted by Gasteiger charge is 2.20. The molecule has 0 saturated heterocycles. The zero-order valence-corrected chi connectivity index (χ0v) is 17.0. The molecule has 0 unspecified atom stereocenters. The molecule has 3 rings (SSSR count). The van der Waals surface area contributed by atoms with Gasteiger partial charge < -0.3 is 19.7 Å². The summed E-state index contributed by atoms with van der Waals surface area (Å²) in [6, 6.07) is 25.1. The van der Waals surface area contributed by atoms with Gasteiger partial charge in [-0.3, -0.25) is 4.79 Å². The normalized spacial score (nSPS) is 10.5. The van der Waals surface area contributed by atoms with Gasteiger partial charge in [-0.05, 0) is 62.4 Å². The minimum atomic E-state index is -0.116. The maximum absolute atomic E-state index is 12.9. The van der Waals surface area contributed by atoms with E-state index in [0.717, 1.165) is 17.1 Å². The molecule has 0 heterocycles. The van der Waals surface area contributed by atoms with Crippen LogP contribution in [0, 0.1) is 0 Å². The van der Waals surface area contributed by atoms with Crippen LogP contribution >= 0.6 is 0 Å². The standard InChI is InChI=1S/C24H26N2O3/c1-18(2)26(24(27)17-29-23-12-8-7-11-22(23)28-3)21-15-13-20(14-16-21)25-19-9-5-4-6-10-19/h4-16,18,25H,17H2,1-3H3. The van der Waals surface area contributed by atoms with Crippen molar-refractivity contribution in [1.82, 2.24) is 0 Å². The van der Waals surface area contributed by atoms with Crippen molar-refractivity contribution in [3.05, 3.63) is 78.9 Å². The Morgan fingerprint density at radius 1 is 0.862 bits per heavy atom. The highest BCUT2D eigenvalue weighted by Crippen LogP contribution is 2.27. The summed E-state index contributed by atoms with van der Waals surface area (Å²) in [5, 5.41) is 3.35. The number of hydrogen-bond donors (Lipinski definition) is 1. The summed E-state index contributed by atoms with van der Waals surface area (Å²) >= 11 is 0. The number of methoxy groups -OCH3 is 1. The molecule has 3 aromatic carbocycles. The Labute approximate surface area is 171 Å². The highest BCUT2D eigenvalue weighted by atomic mass is 16.5. The second-order valence-electron chi connectivity index (χ2n) is 6.83. The number of para-hydroxylation sites is 3. The van der Waals surface area contributed by atoms with Crippen LogP contribution < -0.4 is 19.7 Å². The molecule has 1 amide bonds. The van der Waals surface area contributed by atoms with Gasteiger partial charge in [0.15, 0.2) is 18.1 Å². The van der Waals surface area contributed by atoms with Crippen LogP contribution in [0.3, 0.4) is 0 Å². The molecular formula is C24H26N2O3. The van der Waals surface area contributed by atoms with Crippen LogP contribution in [-0.4, -0.2) is 25.7 Å². The Kier molecular flexibility index (Phi) is 6.74. The number of nitrogens with one attached hydrogen (secondary N) is 1. The summed E-state index contributed by atoms with van der Waals surface area (Å²) < 4.78 is 11.0. The molecule has 5 nitrogen and oxygen atoms in total. The van der Waals surface area contributed by atoms with Crippen molar-refractivity contribution in [3.8, 4) is 11.5 Å². The van der Waals surface area contributed by atoms with Crippen molar-refractivity contribution < 1.29 is 14.3 Å². The van der Waals surface area contributed by atoms with Gasteiger partial charge in [0.25, 0.3) is 5.91 Å². The number of carbonyl (C=O) groups excluding carboxylic acids is 1. The average molecular weight is 390 g/mol. The van der Waals surface area contributed by atoms with E-state index in [1.807, 2.05) is 80.6 Å². The third kappa shape index (κ3) is 5.29. The second kappa shape index (κ2) is 9.64. The number of hydrogen-bond acceptors (Lipinski definition) is 4. The SMILES string of the molecule is COc1ccccc1OCC(=O)N(c1ccc(Nc2ccccc2)cc1)C(C)C. The molecule has 3 aromatic rings. The summed E-state index contributed by atoms with van der Waals surface area (Å²) in [5.74, 6) is 1.04. The number of carbonyl (C=O) groups is 1. The first-order valence-electron chi connectivity index (χ1n) is 9.58. The van der Waals surface area contributed by atoms with Crippen LogP contribution in [0.2, 0.25) is 0 Å². The van der Waals surface area contributed by atoms with E-state index in [1.54, 1.807) is 24.1 Å². The summed E-state index contributed by atoms with van der Waals surface area (Å²) in [4.78, 5) is 14.6. The lowest BCUT2D eigenvalue weighted by molar-refractivity contribution is -0.120.